The van der Waals surface area contributed by atoms with Crippen LogP contribution in [0.1, 0.15) is 192 Å². The third-order valence-electron chi connectivity index (χ3n) is 21.1. The number of nitrogens with zero attached hydrogens (tertiary/aromatic N) is 2. The van der Waals surface area contributed by atoms with Crippen LogP contribution >= 0.6 is 0 Å². The van der Waals surface area contributed by atoms with Crippen molar-refractivity contribution in [2.45, 2.75) is 146 Å². The molecule has 8 aromatic rings. The number of carbonyl (C=O) groups excluding carboxylic acids is 12. The van der Waals surface area contributed by atoms with Crippen molar-refractivity contribution in [3.8, 4) is 0 Å². The molecule has 0 bridgehead atoms. The molecule has 36 heteroatoms. The zero-order valence-corrected chi connectivity index (χ0v) is 73.0. The Labute approximate surface area is 729 Å². The van der Waals surface area contributed by atoms with E-state index in [4.69, 9.17) is 0 Å². The molecule has 8 heterocycles. The molecule has 4 atom stereocenters. The quantitative estimate of drug-likeness (QED) is 0.0161. The molecule has 18 N–H and O–H groups in total. The molecule has 0 saturated heterocycles. The smallest absolute Gasteiger partial charge is 0.256 e. The van der Waals surface area contributed by atoms with Crippen LogP contribution in [0, 0.1) is 78.7 Å². The summed E-state index contributed by atoms with van der Waals surface area (Å²) in [6, 6.07) is 16.2. The van der Waals surface area contributed by atoms with Gasteiger partial charge in [0.1, 0.15) is 23.3 Å². The van der Waals surface area contributed by atoms with E-state index in [0.717, 1.165) is 0 Å². The number of aryl methyl sites for hydroxylation is 4. The fraction of sp³-hybridized carbons (Fsp3) is 0.341. The molecule has 4 unspecified atom stereocenters. The van der Waals surface area contributed by atoms with Crippen LogP contribution in [0.15, 0.2) is 72.8 Å². The number of fused-ring (bicyclic) bond motifs is 4. The number of benzene rings is 4. The highest BCUT2D eigenvalue weighted by molar-refractivity contribution is 6.37. The van der Waals surface area contributed by atoms with Gasteiger partial charge >= 0.3 is 0 Å². The number of amides is 12. The predicted molar refractivity (Wildman–Crippen MR) is 473 cm³/mol. The Morgan fingerprint density at radius 1 is 0.378 bits per heavy atom. The van der Waals surface area contributed by atoms with E-state index in [0.29, 0.717) is 177 Å². The Kier molecular flexibility index (Phi) is 32.6. The van der Waals surface area contributed by atoms with Crippen LogP contribution in [-0.4, -0.2) is 211 Å². The zero-order chi connectivity index (χ0) is 93.4. The lowest BCUT2D eigenvalue weighted by Gasteiger charge is -2.20. The molecule has 4 aromatic carbocycles. The van der Waals surface area contributed by atoms with Crippen molar-refractivity contribution >= 4 is 140 Å². The summed E-state index contributed by atoms with van der Waals surface area (Å²) in [5.74, 6) is -5.85. The molecule has 12 amide bonds. The molecule has 32 nitrogen and oxygen atoms in total. The molecule has 4 aliphatic rings. The first kappa shape index (κ1) is 97.0. The summed E-state index contributed by atoms with van der Waals surface area (Å²) in [5, 5.41) is 66.8. The number of aliphatic hydroxyl groups excluding tert-OH is 4. The van der Waals surface area contributed by atoms with Crippen LogP contribution in [-0.2, 0) is 38.4 Å². The maximum Gasteiger partial charge on any atom is 0.256 e. The van der Waals surface area contributed by atoms with Gasteiger partial charge in [-0.2, -0.15) is 0 Å². The topological polar surface area (TPSA) is 476 Å². The monoisotopic (exact) mass is 1750 g/mol. The maximum absolute atomic E-state index is 13.7. The van der Waals surface area contributed by atoms with Gasteiger partial charge in [0.2, 0.25) is 23.6 Å². The molecule has 4 aromatic heterocycles. The average molecular weight is 1760 g/mol. The minimum atomic E-state index is -1.02. The molecule has 674 valence electrons. The van der Waals surface area contributed by atoms with Gasteiger partial charge in [-0.1, -0.05) is 0 Å². The van der Waals surface area contributed by atoms with Gasteiger partial charge in [0.25, 0.3) is 47.3 Å². The maximum atomic E-state index is 13.7. The lowest BCUT2D eigenvalue weighted by atomic mass is 10.0. The largest absolute Gasteiger partial charge is 0.391 e. The number of aromatic nitrogens is 4. The van der Waals surface area contributed by atoms with Gasteiger partial charge in [0, 0.05) is 157 Å². The van der Waals surface area contributed by atoms with E-state index in [2.05, 4.69) is 73.1 Å². The normalized spacial score (nSPS) is 14.9. The third kappa shape index (κ3) is 24.2. The minimum absolute atomic E-state index is 0.0348. The number of hydrogen-bond acceptors (Lipinski definition) is 16. The molecular formula is C91H106F4N16O16. The van der Waals surface area contributed by atoms with Crippen LogP contribution < -0.4 is 53.2 Å². The lowest BCUT2D eigenvalue weighted by molar-refractivity contribution is -0.133. The molecule has 127 heavy (non-hydrogen) atoms. The number of halogens is 4. The Balaban J connectivity index is 0.000000191. The van der Waals surface area contributed by atoms with E-state index in [1.807, 2.05) is 27.7 Å². The number of aliphatic hydroxyl groups is 4. The van der Waals surface area contributed by atoms with Crippen molar-refractivity contribution in [2.75, 3.05) is 81.2 Å². The Morgan fingerprint density at radius 3 is 0.874 bits per heavy atom. The number of hydrogen-bond donors (Lipinski definition) is 18. The van der Waals surface area contributed by atoms with Crippen molar-refractivity contribution in [3.63, 3.8) is 0 Å². The van der Waals surface area contributed by atoms with Crippen molar-refractivity contribution in [1.29, 1.82) is 0 Å². The number of aromatic amines is 4. The van der Waals surface area contributed by atoms with Crippen molar-refractivity contribution in [3.05, 3.63) is 208 Å². The standard InChI is InChI=1S/C24H29FN4O4.C23H27FN4O4.2C22H25FN4O4/c1-5-29(6-2)21(31)10-16(30)12-26-24(33)22-13(3)20(27-14(22)4)11-18-17-9-15(25)7-8-19(17)28-23(18)32;1-11(2)26-20(30)8-15(29)10-25-23(32)21-12(3)19(27-13(21)4)9-17-16-7-14(24)5-6-18(16)28-22(17)31;1-11-18(9-16-15-7-13(23)5-6-17(15)26-21(16)30)25-12(2)20(11)22(31)24-10-14(28)8-19(29)27(3)4;1-4-24-19(29)8-14(28)10-25-22(31)20-11(2)18(26-12(20)3)9-16-15-7-13(23)5-6-17(15)27-21(16)30/h7-9,11,16,27,30H,5-6,10,12H2,1-4H3,(H,26,33)(H,28,32);5-7,9,11,15,27,29H,8,10H2,1-4H3,(H,25,32)(H,26,30)(H,28,31);5-7,9,14,25,28H,8,10H2,1-4H3,(H,24,31)(H,26,30);5-7,9,14,26,28H,4,8,10H2,1-3H3,(H,24,29)(H,25,31)(H,27,30)/b18-11-;17-9-;2*16-9-. The highest BCUT2D eigenvalue weighted by Gasteiger charge is 2.33. The van der Waals surface area contributed by atoms with E-state index < -0.39 is 71.3 Å². The summed E-state index contributed by atoms with van der Waals surface area (Å²) in [6.07, 6.45) is 1.92. The van der Waals surface area contributed by atoms with Crippen LogP contribution in [0.25, 0.3) is 46.6 Å². The van der Waals surface area contributed by atoms with Crippen molar-refractivity contribution in [1.82, 2.24) is 61.6 Å². The van der Waals surface area contributed by atoms with E-state index in [1.54, 1.807) is 106 Å². The van der Waals surface area contributed by atoms with E-state index in [-0.39, 0.29) is 105 Å². The zero-order valence-electron chi connectivity index (χ0n) is 73.0. The molecule has 4 aliphatic heterocycles. The van der Waals surface area contributed by atoms with Gasteiger partial charge in [-0.25, -0.2) is 17.6 Å². The number of carbonyl (C=O) groups is 12. The van der Waals surface area contributed by atoms with E-state index in [9.17, 15) is 95.5 Å². The van der Waals surface area contributed by atoms with Crippen LogP contribution in [0.3, 0.4) is 0 Å². The summed E-state index contributed by atoms with van der Waals surface area (Å²) >= 11 is 0. The first-order chi connectivity index (χ1) is 60.0. The van der Waals surface area contributed by atoms with Gasteiger partial charge in [-0.05, 0) is 209 Å². The fourth-order valence-corrected chi connectivity index (χ4v) is 14.7. The minimum Gasteiger partial charge on any atom is -0.391 e. The molecule has 0 saturated carbocycles. The van der Waals surface area contributed by atoms with Gasteiger partial charge < -0.3 is 103 Å². The second-order valence-corrected chi connectivity index (χ2v) is 31.3. The Hall–Kier alpha value is -13.8. The summed E-state index contributed by atoms with van der Waals surface area (Å²) in [7, 11) is 3.18. The van der Waals surface area contributed by atoms with Crippen molar-refractivity contribution in [2.24, 2.45) is 0 Å². The number of H-pyrrole nitrogens is 4. The van der Waals surface area contributed by atoms with Crippen molar-refractivity contribution < 1.29 is 95.5 Å². The molecular weight excluding hydrogens is 1650 g/mol. The molecule has 0 radical (unpaired) electrons. The van der Waals surface area contributed by atoms with E-state index in [1.165, 1.54) is 77.7 Å². The second-order valence-electron chi connectivity index (χ2n) is 31.3. The van der Waals surface area contributed by atoms with E-state index >= 15 is 0 Å². The third-order valence-corrected chi connectivity index (χ3v) is 21.1. The van der Waals surface area contributed by atoms with Crippen LogP contribution in [0.5, 0.6) is 0 Å². The van der Waals surface area contributed by atoms with Gasteiger partial charge in [-0.3, -0.25) is 57.5 Å². The first-order valence-electron chi connectivity index (χ1n) is 41.0. The number of nitrogens with one attached hydrogen (secondary N) is 14. The molecule has 12 rings (SSSR count). The highest BCUT2D eigenvalue weighted by atomic mass is 19.1. The fourth-order valence-electron chi connectivity index (χ4n) is 14.7. The van der Waals surface area contributed by atoms with Gasteiger partial charge in [0.05, 0.1) is 94.6 Å². The Bertz CT molecular complexity index is 5760. The summed E-state index contributed by atoms with van der Waals surface area (Å²) < 4.78 is 54.7. The second kappa shape index (κ2) is 42.7. The Morgan fingerprint density at radius 2 is 0.630 bits per heavy atom. The number of rotatable bonds is 28. The average Bonchev–Trinajstić information content (AvgIpc) is 1.64. The predicted octanol–water partition coefficient (Wildman–Crippen LogP) is 8.59. The summed E-state index contributed by atoms with van der Waals surface area (Å²) in [4.78, 5) is 163. The van der Waals surface area contributed by atoms with Gasteiger partial charge in [0.15, 0.2) is 0 Å². The highest BCUT2D eigenvalue weighted by Crippen LogP contribution is 2.39. The molecule has 0 spiro atoms. The first-order valence-corrected chi connectivity index (χ1v) is 41.0. The molecule has 0 aliphatic carbocycles. The SMILES string of the molecule is CCN(CC)C(=O)CC(O)CNC(=O)c1c(C)[nH]c(/C=C2\C(=O)Nc3ccc(F)cc32)c1C.CCNC(=O)CC(O)CNC(=O)c1c(C)[nH]c(/C=C2\C(=O)Nc3ccc(F)cc32)c1C.Cc1[nH]c(/C=C2\C(=O)Nc3ccc(F)cc32)c(C)c1C(=O)NCC(O)CC(=O)N(C)C.Cc1[nH]c(/C=C2\C(=O)Nc3ccc(F)cc32)c(C)c1C(=O)NCC(O)CC(=O)NC(C)C. The van der Waals surface area contributed by atoms with Crippen LogP contribution in [0.4, 0.5) is 40.3 Å². The lowest BCUT2D eigenvalue weighted by Crippen LogP contribution is -2.38. The summed E-state index contributed by atoms with van der Waals surface area (Å²) in [5.41, 5.74) is 13.6. The molecule has 0 fully saturated rings. The summed E-state index contributed by atoms with van der Waals surface area (Å²) in [6.45, 7) is 24.3. The van der Waals surface area contributed by atoms with Gasteiger partial charge in [-0.15, -0.1) is 0 Å². The van der Waals surface area contributed by atoms with Crippen LogP contribution in [0.2, 0.25) is 0 Å². The number of anilines is 4.